The van der Waals surface area contributed by atoms with Gasteiger partial charge < -0.3 is 48.1 Å². The quantitative estimate of drug-likeness (QED) is 0.252. The molecule has 0 spiro atoms. The molecule has 0 unspecified atom stereocenters. The number of rotatable bonds is 14. The first kappa shape index (κ1) is 33.9. The van der Waals surface area contributed by atoms with Crippen molar-refractivity contribution in [2.24, 2.45) is 0 Å². The van der Waals surface area contributed by atoms with Gasteiger partial charge in [-0.3, -0.25) is 0 Å². The summed E-state index contributed by atoms with van der Waals surface area (Å²) in [6.45, 7) is 4.56. The topological polar surface area (TPSA) is 114 Å². The van der Waals surface area contributed by atoms with Crippen LogP contribution in [0.3, 0.4) is 0 Å². The summed E-state index contributed by atoms with van der Waals surface area (Å²) in [6.07, 6.45) is -6.42. The van der Waals surface area contributed by atoms with Gasteiger partial charge in [-0.1, -0.05) is 97.1 Å². The summed E-state index contributed by atoms with van der Waals surface area (Å²) in [5.74, 6) is 0. The summed E-state index contributed by atoms with van der Waals surface area (Å²) in [5.41, 5.74) is -0.540. The Hall–Kier alpha value is -3.00. The molecule has 3 aromatic carbocycles. The largest absolute Gasteiger partial charge is 0.387 e. The number of hydrogen-bond acceptors (Lipinski definition) is 10. The van der Waals surface area contributed by atoms with E-state index in [4.69, 9.17) is 37.9 Å². The van der Waals surface area contributed by atoms with Crippen LogP contribution in [-0.4, -0.2) is 97.9 Å². The molecule has 4 fully saturated rings. The Bertz CT molecular complexity index is 1410. The number of methoxy groups -OCH3 is 2. The molecule has 10 atom stereocenters. The molecule has 4 saturated heterocycles. The average Bonchev–Trinajstić information content (AvgIpc) is 3.12. The Morgan fingerprint density at radius 2 is 1.38 bits per heavy atom. The van der Waals surface area contributed by atoms with Crippen LogP contribution in [0, 0.1) is 0 Å². The molecule has 0 saturated carbocycles. The van der Waals surface area contributed by atoms with E-state index in [1.54, 1.807) is 0 Å². The van der Waals surface area contributed by atoms with Crippen LogP contribution in [0.15, 0.2) is 104 Å². The predicted octanol–water partition coefficient (Wildman–Crippen LogP) is 3.57. The van der Waals surface area contributed by atoms with Crippen molar-refractivity contribution in [2.75, 3.05) is 27.4 Å². The highest BCUT2D eigenvalue weighted by Crippen LogP contribution is 2.48. The molecule has 0 aromatic heterocycles. The summed E-state index contributed by atoms with van der Waals surface area (Å²) in [6, 6.07) is 29.1. The van der Waals surface area contributed by atoms with E-state index < -0.39 is 60.2 Å². The molecule has 2 bridgehead atoms. The fraction of sp³-hybridized carbons (Fsp3) is 0.459. The Labute approximate surface area is 275 Å². The second kappa shape index (κ2) is 15.0. The molecular formula is C37H44O10. The van der Waals surface area contributed by atoms with Crippen LogP contribution in [-0.2, 0) is 57.7 Å². The van der Waals surface area contributed by atoms with Gasteiger partial charge in [-0.2, -0.15) is 0 Å². The second-order valence-electron chi connectivity index (χ2n) is 12.2. The van der Waals surface area contributed by atoms with Gasteiger partial charge in [-0.05, 0) is 16.7 Å². The Morgan fingerprint density at radius 1 is 0.809 bits per heavy atom. The molecule has 0 aliphatic carbocycles. The van der Waals surface area contributed by atoms with E-state index in [0.29, 0.717) is 0 Å². The first-order valence-corrected chi connectivity index (χ1v) is 15.9. The monoisotopic (exact) mass is 648 g/mol. The van der Waals surface area contributed by atoms with Gasteiger partial charge in [0.25, 0.3) is 0 Å². The van der Waals surface area contributed by atoms with Gasteiger partial charge in [-0.25, -0.2) is 0 Å². The molecular weight excluding hydrogens is 604 g/mol. The fourth-order valence-corrected chi connectivity index (χ4v) is 6.80. The van der Waals surface area contributed by atoms with Gasteiger partial charge in [0.15, 0.2) is 11.9 Å². The van der Waals surface area contributed by atoms with Crippen LogP contribution < -0.4 is 0 Å². The van der Waals surface area contributed by atoms with Gasteiger partial charge in [-0.15, -0.1) is 6.58 Å². The first-order chi connectivity index (χ1) is 22.9. The van der Waals surface area contributed by atoms with E-state index in [-0.39, 0.29) is 33.0 Å². The second-order valence-corrected chi connectivity index (χ2v) is 12.2. The van der Waals surface area contributed by atoms with Crippen molar-refractivity contribution in [3.05, 3.63) is 120 Å². The van der Waals surface area contributed by atoms with E-state index in [1.165, 1.54) is 20.3 Å². The predicted molar refractivity (Wildman–Crippen MR) is 171 cm³/mol. The third-order valence-corrected chi connectivity index (χ3v) is 9.36. The number of ether oxygens (including phenoxy) is 8. The highest BCUT2D eigenvalue weighted by Gasteiger charge is 2.70. The van der Waals surface area contributed by atoms with Crippen molar-refractivity contribution in [1.29, 1.82) is 0 Å². The maximum absolute atomic E-state index is 13.3. The number of aliphatic hydroxyl groups excluding tert-OH is 1. The van der Waals surface area contributed by atoms with E-state index in [9.17, 15) is 10.2 Å². The van der Waals surface area contributed by atoms with Crippen LogP contribution in [0.5, 0.6) is 0 Å². The van der Waals surface area contributed by atoms with E-state index in [1.807, 2.05) is 91.0 Å². The summed E-state index contributed by atoms with van der Waals surface area (Å²) in [5, 5.41) is 24.5. The van der Waals surface area contributed by atoms with Crippen molar-refractivity contribution < 1.29 is 48.1 Å². The minimum Gasteiger partial charge on any atom is -0.387 e. The Kier molecular flexibility index (Phi) is 10.8. The van der Waals surface area contributed by atoms with Crippen LogP contribution >= 0.6 is 0 Å². The highest BCUT2D eigenvalue weighted by atomic mass is 16.7. The van der Waals surface area contributed by atoms with Crippen LogP contribution in [0.2, 0.25) is 0 Å². The number of fused-ring (bicyclic) bond motifs is 3. The lowest BCUT2D eigenvalue weighted by atomic mass is 9.71. The standard InChI is InChI=1S/C37H44O10/c1-4-36-24-45-30(29(40-2)32(36)38)34(47-36)37(39)28(23-42-20-25-14-8-5-9-15-25)46-35(41-3)31(43-21-26-16-10-6-11-17-26)33(37)44-22-27-18-12-7-13-19-27/h4-19,28-35,38-39H,1,20-24H2,2-3H3/t28-,29-,30-,31-,32+,33-,34-,35+,36-,37-/m1/s1. The van der Waals surface area contributed by atoms with Crippen molar-refractivity contribution in [2.45, 2.75) is 80.0 Å². The molecule has 252 valence electrons. The maximum atomic E-state index is 13.3. The number of hydrogen-bond donors (Lipinski definition) is 2. The normalized spacial score (nSPS) is 35.1. The molecule has 0 radical (unpaired) electrons. The molecule has 4 heterocycles. The van der Waals surface area contributed by atoms with Crippen LogP contribution in [0.1, 0.15) is 16.7 Å². The molecule has 10 nitrogen and oxygen atoms in total. The highest BCUT2D eigenvalue weighted by molar-refractivity contribution is 5.22. The lowest BCUT2D eigenvalue weighted by molar-refractivity contribution is -0.410. The minimum absolute atomic E-state index is 0.0367. The number of aliphatic hydroxyl groups is 2. The summed E-state index contributed by atoms with van der Waals surface area (Å²) >= 11 is 0. The number of benzene rings is 3. The fourth-order valence-electron chi connectivity index (χ4n) is 6.80. The van der Waals surface area contributed by atoms with Gasteiger partial charge in [0.2, 0.25) is 0 Å². The van der Waals surface area contributed by atoms with Crippen molar-refractivity contribution in [3.8, 4) is 0 Å². The van der Waals surface area contributed by atoms with E-state index in [2.05, 4.69) is 6.58 Å². The smallest absolute Gasteiger partial charge is 0.186 e. The lowest BCUT2D eigenvalue weighted by Gasteiger charge is -2.62. The third-order valence-electron chi connectivity index (χ3n) is 9.36. The Balaban J connectivity index is 1.40. The minimum atomic E-state index is -1.96. The molecule has 4 aliphatic heterocycles. The van der Waals surface area contributed by atoms with Gasteiger partial charge in [0.05, 0.1) is 33.0 Å². The molecule has 2 N–H and O–H groups in total. The van der Waals surface area contributed by atoms with Crippen molar-refractivity contribution in [1.82, 2.24) is 0 Å². The first-order valence-electron chi connectivity index (χ1n) is 15.9. The molecule has 3 aromatic rings. The van der Waals surface area contributed by atoms with Gasteiger partial charge >= 0.3 is 0 Å². The summed E-state index contributed by atoms with van der Waals surface area (Å²) < 4.78 is 50.4. The summed E-state index contributed by atoms with van der Waals surface area (Å²) in [4.78, 5) is 0. The van der Waals surface area contributed by atoms with E-state index >= 15 is 0 Å². The summed E-state index contributed by atoms with van der Waals surface area (Å²) in [7, 11) is 3.01. The SMILES string of the molecule is C=C[C@@]12CO[C@H]([C@@H](OC)[C@@H]1O)[C@H]([C@]1(O)[C@H](OCc3ccccc3)[C@@H](OCc3ccccc3)[C@@H](OC)O[C@@H]1COCc1ccccc1)O2. The zero-order valence-electron chi connectivity index (χ0n) is 26.8. The molecule has 4 aliphatic rings. The van der Waals surface area contributed by atoms with Crippen LogP contribution in [0.4, 0.5) is 0 Å². The van der Waals surface area contributed by atoms with Gasteiger partial charge in [0.1, 0.15) is 48.3 Å². The third kappa shape index (κ3) is 6.81. The van der Waals surface area contributed by atoms with Crippen molar-refractivity contribution in [3.63, 3.8) is 0 Å². The Morgan fingerprint density at radius 3 is 1.94 bits per heavy atom. The zero-order chi connectivity index (χ0) is 32.9. The molecule has 47 heavy (non-hydrogen) atoms. The van der Waals surface area contributed by atoms with Crippen LogP contribution in [0.25, 0.3) is 0 Å². The molecule has 7 rings (SSSR count). The maximum Gasteiger partial charge on any atom is 0.186 e. The van der Waals surface area contributed by atoms with E-state index in [0.717, 1.165) is 16.7 Å². The average molecular weight is 649 g/mol. The molecule has 10 heteroatoms. The van der Waals surface area contributed by atoms with Gasteiger partial charge in [0, 0.05) is 14.2 Å². The molecule has 0 amide bonds. The van der Waals surface area contributed by atoms with Crippen molar-refractivity contribution >= 4 is 0 Å². The zero-order valence-corrected chi connectivity index (χ0v) is 26.8. The lowest BCUT2D eigenvalue weighted by Crippen LogP contribution is -2.82.